The van der Waals surface area contributed by atoms with Crippen molar-refractivity contribution in [1.82, 2.24) is 0 Å². The number of benzene rings is 2. The van der Waals surface area contributed by atoms with E-state index in [1.807, 2.05) is 36.4 Å². The van der Waals surface area contributed by atoms with Crippen LogP contribution in [0.2, 0.25) is 18.1 Å². The average molecular weight is 421 g/mol. The number of hydrogen-bond donors (Lipinski definition) is 1. The number of aryl methyl sites for hydroxylation is 2. The van der Waals surface area contributed by atoms with Crippen molar-refractivity contribution in [2.45, 2.75) is 58.9 Å². The smallest absolute Gasteiger partial charge is 0.250 e. The molecule has 0 bridgehead atoms. The van der Waals surface area contributed by atoms with Crippen molar-refractivity contribution in [1.29, 1.82) is 0 Å². The highest BCUT2D eigenvalue weighted by Gasteiger charge is 2.39. The van der Waals surface area contributed by atoms with Gasteiger partial charge in [-0.2, -0.15) is 0 Å². The van der Waals surface area contributed by atoms with Gasteiger partial charge in [0.2, 0.25) is 0 Å². The third-order valence-electron chi connectivity index (χ3n) is 5.16. The predicted octanol–water partition coefficient (Wildman–Crippen LogP) is 6.53. The van der Waals surface area contributed by atoms with Gasteiger partial charge in [0.05, 0.1) is 0 Å². The lowest BCUT2D eigenvalue weighted by Gasteiger charge is -2.37. The molecule has 0 aliphatic rings. The van der Waals surface area contributed by atoms with Crippen molar-refractivity contribution in [2.75, 3.05) is 0 Å². The van der Waals surface area contributed by atoms with Crippen LogP contribution < -0.4 is 4.43 Å². The van der Waals surface area contributed by atoms with Crippen LogP contribution in [-0.4, -0.2) is 13.4 Å². The first-order valence-electron chi connectivity index (χ1n) is 8.66. The molecule has 0 saturated carbocycles. The zero-order valence-electron chi connectivity index (χ0n) is 16.3. The van der Waals surface area contributed by atoms with E-state index >= 15 is 0 Å². The maximum atomic E-state index is 10.8. The summed E-state index contributed by atoms with van der Waals surface area (Å²) in [5.74, 6) is 0.967. The molecule has 136 valence electrons. The van der Waals surface area contributed by atoms with E-state index in [9.17, 15) is 5.11 Å². The van der Waals surface area contributed by atoms with E-state index in [-0.39, 0.29) is 5.04 Å². The van der Waals surface area contributed by atoms with Gasteiger partial charge in [0.25, 0.3) is 8.32 Å². The molecular formula is C21H29BrO2Si. The molecule has 0 aliphatic heterocycles. The van der Waals surface area contributed by atoms with Crippen LogP contribution in [0.15, 0.2) is 40.9 Å². The number of aliphatic hydroxyl groups is 1. The third-order valence-corrected chi connectivity index (χ3v) is 10.2. The summed E-state index contributed by atoms with van der Waals surface area (Å²) in [4.78, 5) is 0. The molecule has 2 rings (SSSR count). The maximum Gasteiger partial charge on any atom is 0.250 e. The first-order chi connectivity index (χ1) is 11.4. The highest BCUT2D eigenvalue weighted by molar-refractivity contribution is 9.10. The molecule has 1 unspecified atom stereocenters. The summed E-state index contributed by atoms with van der Waals surface area (Å²) in [6, 6.07) is 11.9. The summed E-state index contributed by atoms with van der Waals surface area (Å²) in [5.41, 5.74) is 3.92. The maximum absolute atomic E-state index is 10.8. The lowest BCUT2D eigenvalue weighted by Crippen LogP contribution is -2.44. The second-order valence-electron chi connectivity index (χ2n) is 8.27. The molecule has 2 nitrogen and oxygen atoms in total. The van der Waals surface area contributed by atoms with Gasteiger partial charge in [-0.1, -0.05) is 54.9 Å². The first-order valence-corrected chi connectivity index (χ1v) is 12.4. The Hall–Kier alpha value is -1.10. The van der Waals surface area contributed by atoms with Gasteiger partial charge >= 0.3 is 0 Å². The van der Waals surface area contributed by atoms with Crippen molar-refractivity contribution in [3.8, 4) is 5.75 Å². The normalized spacial score (nSPS) is 13.6. The van der Waals surface area contributed by atoms with Crippen LogP contribution in [0.5, 0.6) is 5.75 Å². The van der Waals surface area contributed by atoms with Gasteiger partial charge in [0.15, 0.2) is 0 Å². The molecule has 2 aromatic rings. The molecule has 4 heteroatoms. The Morgan fingerprint density at radius 1 is 1.04 bits per heavy atom. The molecule has 0 aliphatic carbocycles. The molecular weight excluding hydrogens is 392 g/mol. The lowest BCUT2D eigenvalue weighted by atomic mass is 9.97. The van der Waals surface area contributed by atoms with E-state index in [4.69, 9.17) is 4.43 Å². The summed E-state index contributed by atoms with van der Waals surface area (Å²) >= 11 is 3.53. The number of hydrogen-bond acceptors (Lipinski definition) is 2. The largest absolute Gasteiger partial charge is 0.543 e. The second kappa shape index (κ2) is 7.26. The van der Waals surface area contributed by atoms with Crippen LogP contribution in [0.25, 0.3) is 0 Å². The summed E-state index contributed by atoms with van der Waals surface area (Å²) in [7, 11) is -1.90. The summed E-state index contributed by atoms with van der Waals surface area (Å²) in [6.07, 6.45) is -0.658. The van der Waals surface area contributed by atoms with Crippen molar-refractivity contribution in [3.63, 3.8) is 0 Å². The zero-order valence-corrected chi connectivity index (χ0v) is 18.9. The second-order valence-corrected chi connectivity index (χ2v) is 13.8. The molecule has 2 aromatic carbocycles. The minimum Gasteiger partial charge on any atom is -0.543 e. The van der Waals surface area contributed by atoms with E-state index < -0.39 is 14.4 Å². The molecule has 0 amide bonds. The van der Waals surface area contributed by atoms with E-state index in [1.54, 1.807) is 0 Å². The molecule has 1 N–H and O–H groups in total. The van der Waals surface area contributed by atoms with Gasteiger partial charge in [-0.3, -0.25) is 0 Å². The van der Waals surface area contributed by atoms with Gasteiger partial charge in [0, 0.05) is 4.47 Å². The molecule has 25 heavy (non-hydrogen) atoms. The molecule has 1 atom stereocenters. The van der Waals surface area contributed by atoms with Gasteiger partial charge in [-0.05, 0) is 72.4 Å². The third kappa shape index (κ3) is 4.36. The Balaban J connectivity index is 2.39. The molecule has 0 spiro atoms. The Labute approximate surface area is 161 Å². The topological polar surface area (TPSA) is 29.5 Å². The highest BCUT2D eigenvalue weighted by Crippen LogP contribution is 2.40. The SMILES string of the molecule is Cc1cc(C(O)c2ccccc2Br)cc(C)c1O[Si](C)(C)C(C)(C)C. The fourth-order valence-electron chi connectivity index (χ4n) is 2.59. The Morgan fingerprint density at radius 2 is 1.56 bits per heavy atom. The molecule has 0 fully saturated rings. The Morgan fingerprint density at radius 3 is 2.04 bits per heavy atom. The summed E-state index contributed by atoms with van der Waals surface area (Å²) in [5, 5.41) is 11.0. The van der Waals surface area contributed by atoms with Crippen LogP contribution in [0.1, 0.15) is 49.1 Å². The fourth-order valence-corrected chi connectivity index (χ4v) is 4.23. The molecule has 0 radical (unpaired) electrons. The van der Waals surface area contributed by atoms with E-state index in [1.165, 1.54) is 0 Å². The predicted molar refractivity (Wildman–Crippen MR) is 112 cm³/mol. The standard InChI is InChI=1S/C21H29BrO2Si/c1-14-12-16(19(23)17-10-8-9-11-18(17)22)13-15(2)20(14)24-25(6,7)21(3,4)5/h8-13,19,23H,1-7H3. The monoisotopic (exact) mass is 420 g/mol. The van der Waals surface area contributed by atoms with Crippen molar-refractivity contribution in [3.05, 3.63) is 63.1 Å². The van der Waals surface area contributed by atoms with E-state index in [0.29, 0.717) is 0 Å². The first kappa shape index (κ1) is 20.2. The molecule has 0 aromatic heterocycles. The zero-order chi connectivity index (χ0) is 19.0. The van der Waals surface area contributed by atoms with Crippen LogP contribution >= 0.6 is 15.9 Å². The summed E-state index contributed by atoms with van der Waals surface area (Å²) in [6.45, 7) is 15.4. The fraction of sp³-hybridized carbons (Fsp3) is 0.429. The summed E-state index contributed by atoms with van der Waals surface area (Å²) < 4.78 is 7.46. The van der Waals surface area contributed by atoms with Crippen molar-refractivity contribution >= 4 is 24.2 Å². The lowest BCUT2D eigenvalue weighted by molar-refractivity contribution is 0.219. The minimum absolute atomic E-state index is 0.152. The minimum atomic E-state index is -1.90. The number of halogens is 1. The van der Waals surface area contributed by atoms with Gasteiger partial charge in [0.1, 0.15) is 11.9 Å². The Bertz CT molecular complexity index is 740. The van der Waals surface area contributed by atoms with Crippen molar-refractivity contribution in [2.24, 2.45) is 0 Å². The van der Waals surface area contributed by atoms with Crippen molar-refractivity contribution < 1.29 is 9.53 Å². The van der Waals surface area contributed by atoms with E-state index in [0.717, 1.165) is 32.5 Å². The van der Waals surface area contributed by atoms with Gasteiger partial charge in [-0.15, -0.1) is 0 Å². The van der Waals surface area contributed by atoms with E-state index in [2.05, 4.69) is 63.6 Å². The number of aliphatic hydroxyl groups excluding tert-OH is 1. The van der Waals surface area contributed by atoms with Crippen LogP contribution in [0.4, 0.5) is 0 Å². The Kier molecular flexibility index (Phi) is 5.87. The van der Waals surface area contributed by atoms with Gasteiger partial charge in [-0.25, -0.2) is 0 Å². The van der Waals surface area contributed by atoms with Crippen LogP contribution in [0.3, 0.4) is 0 Å². The average Bonchev–Trinajstić information content (AvgIpc) is 2.49. The van der Waals surface area contributed by atoms with Crippen LogP contribution in [0, 0.1) is 13.8 Å². The number of rotatable bonds is 4. The quantitative estimate of drug-likeness (QED) is 0.569. The molecule has 0 saturated heterocycles. The van der Waals surface area contributed by atoms with Gasteiger partial charge < -0.3 is 9.53 Å². The molecule has 0 heterocycles. The highest BCUT2D eigenvalue weighted by atomic mass is 79.9. The van der Waals surface area contributed by atoms with Crippen LogP contribution in [-0.2, 0) is 0 Å².